The summed E-state index contributed by atoms with van der Waals surface area (Å²) >= 11 is 7.66. The number of rotatable bonds is 3. The first kappa shape index (κ1) is 11.7. The fourth-order valence-electron chi connectivity index (χ4n) is 3.58. The number of aryl methyl sites for hydroxylation is 1. The Morgan fingerprint density at radius 2 is 2.29 bits per heavy atom. The Morgan fingerprint density at radius 1 is 1.47 bits per heavy atom. The molecule has 0 aromatic carbocycles. The van der Waals surface area contributed by atoms with Crippen molar-refractivity contribution >= 4 is 28.7 Å². The third-order valence-electron chi connectivity index (χ3n) is 4.48. The monoisotopic (exact) mass is 268 g/mol. The minimum Gasteiger partial charge on any atom is -0.293 e. The van der Waals surface area contributed by atoms with Gasteiger partial charge in [0, 0.05) is 6.42 Å². The van der Waals surface area contributed by atoms with Crippen LogP contribution in [0.5, 0.6) is 0 Å². The second-order valence-electron chi connectivity index (χ2n) is 5.62. The molecule has 0 N–H and O–H groups in total. The highest BCUT2D eigenvalue weighted by molar-refractivity contribution is 7.13. The van der Waals surface area contributed by atoms with Gasteiger partial charge in [0.1, 0.15) is 0 Å². The Bertz CT molecular complexity index is 451. The molecule has 0 radical (unpaired) electrons. The third-order valence-corrected chi connectivity index (χ3v) is 6.22. The molecule has 1 nitrogen and oxygen atoms in total. The number of ketones is 1. The van der Waals surface area contributed by atoms with Crippen molar-refractivity contribution in [2.45, 2.75) is 39.0 Å². The first-order chi connectivity index (χ1) is 8.15. The average molecular weight is 269 g/mol. The summed E-state index contributed by atoms with van der Waals surface area (Å²) in [5.74, 6) is 2.65. The average Bonchev–Trinajstić information content (AvgIpc) is 2.96. The van der Waals surface area contributed by atoms with Crippen LogP contribution in [0.3, 0.4) is 0 Å². The van der Waals surface area contributed by atoms with E-state index >= 15 is 0 Å². The molecular weight excluding hydrogens is 252 g/mol. The van der Waals surface area contributed by atoms with Crippen LogP contribution >= 0.6 is 22.9 Å². The molecular formula is C14H17ClOS. The van der Waals surface area contributed by atoms with Crippen molar-refractivity contribution in [3.05, 3.63) is 20.8 Å². The molecule has 3 atom stereocenters. The van der Waals surface area contributed by atoms with Crippen LogP contribution in [0.1, 0.15) is 47.3 Å². The van der Waals surface area contributed by atoms with Gasteiger partial charge < -0.3 is 0 Å². The molecule has 2 aliphatic carbocycles. The van der Waals surface area contributed by atoms with E-state index in [1.807, 2.05) is 12.3 Å². The minimum absolute atomic E-state index is 0.269. The number of thiophene rings is 1. The topological polar surface area (TPSA) is 17.1 Å². The summed E-state index contributed by atoms with van der Waals surface area (Å²) in [6.45, 7) is 1.97. The van der Waals surface area contributed by atoms with Crippen molar-refractivity contribution in [1.82, 2.24) is 0 Å². The standard InChI is InChI=1S/C14H17ClOS/c1-8-7-17-14(13(8)15)12(16)6-11-5-9-2-3-10(11)4-9/h7,9-11H,2-6H2,1H3. The molecule has 0 amide bonds. The van der Waals surface area contributed by atoms with Gasteiger partial charge in [-0.15, -0.1) is 11.3 Å². The SMILES string of the molecule is Cc1csc(C(=O)CC2CC3CCC2C3)c1Cl. The van der Waals surface area contributed by atoms with Gasteiger partial charge in [-0.3, -0.25) is 4.79 Å². The van der Waals surface area contributed by atoms with Crippen LogP contribution in [0.4, 0.5) is 0 Å². The largest absolute Gasteiger partial charge is 0.293 e. The lowest BCUT2D eigenvalue weighted by Gasteiger charge is -2.20. The minimum atomic E-state index is 0.269. The molecule has 0 spiro atoms. The molecule has 2 saturated carbocycles. The van der Waals surface area contributed by atoms with E-state index in [-0.39, 0.29) is 5.78 Å². The molecule has 1 heterocycles. The molecule has 2 bridgehead atoms. The van der Waals surface area contributed by atoms with Gasteiger partial charge in [0.2, 0.25) is 0 Å². The number of carbonyl (C=O) groups is 1. The van der Waals surface area contributed by atoms with E-state index in [0.717, 1.165) is 28.7 Å². The van der Waals surface area contributed by atoms with Gasteiger partial charge in [0.15, 0.2) is 5.78 Å². The normalized spacial score (nSPS) is 31.1. The molecule has 1 aromatic heterocycles. The van der Waals surface area contributed by atoms with Crippen LogP contribution in [0.2, 0.25) is 5.02 Å². The zero-order valence-electron chi connectivity index (χ0n) is 10.0. The van der Waals surface area contributed by atoms with Gasteiger partial charge in [-0.05, 0) is 54.9 Å². The Morgan fingerprint density at radius 3 is 2.82 bits per heavy atom. The van der Waals surface area contributed by atoms with Crippen LogP contribution < -0.4 is 0 Å². The highest BCUT2D eigenvalue weighted by atomic mass is 35.5. The summed E-state index contributed by atoms with van der Waals surface area (Å²) in [5.41, 5.74) is 1.04. The molecule has 3 unspecified atom stereocenters. The summed E-state index contributed by atoms with van der Waals surface area (Å²) in [6, 6.07) is 0. The van der Waals surface area contributed by atoms with E-state index in [1.54, 1.807) is 0 Å². The Balaban J connectivity index is 1.70. The van der Waals surface area contributed by atoms with E-state index in [9.17, 15) is 4.79 Å². The van der Waals surface area contributed by atoms with Crippen LogP contribution in [-0.2, 0) is 0 Å². The van der Waals surface area contributed by atoms with E-state index in [0.29, 0.717) is 10.9 Å². The first-order valence-electron chi connectivity index (χ1n) is 6.42. The van der Waals surface area contributed by atoms with Crippen molar-refractivity contribution < 1.29 is 4.79 Å². The van der Waals surface area contributed by atoms with Crippen LogP contribution in [0, 0.1) is 24.7 Å². The maximum absolute atomic E-state index is 12.2. The number of hydrogen-bond donors (Lipinski definition) is 0. The van der Waals surface area contributed by atoms with Gasteiger partial charge in [0.05, 0.1) is 9.90 Å². The fourth-order valence-corrected chi connectivity index (χ4v) is 4.83. The number of halogens is 1. The summed E-state index contributed by atoms with van der Waals surface area (Å²) in [5, 5.41) is 2.67. The smallest absolute Gasteiger partial charge is 0.174 e. The quantitative estimate of drug-likeness (QED) is 0.725. The Kier molecular flexibility index (Phi) is 3.04. The molecule has 0 aliphatic heterocycles. The molecule has 1 aromatic rings. The van der Waals surface area contributed by atoms with Crippen molar-refractivity contribution in [3.63, 3.8) is 0 Å². The molecule has 0 saturated heterocycles. The lowest BCUT2D eigenvalue weighted by atomic mass is 9.85. The first-order valence-corrected chi connectivity index (χ1v) is 7.67. The lowest BCUT2D eigenvalue weighted by molar-refractivity contribution is 0.0948. The van der Waals surface area contributed by atoms with Gasteiger partial charge in [-0.1, -0.05) is 18.0 Å². The van der Waals surface area contributed by atoms with E-state index in [2.05, 4.69) is 0 Å². The van der Waals surface area contributed by atoms with Crippen molar-refractivity contribution in [2.24, 2.45) is 17.8 Å². The van der Waals surface area contributed by atoms with Crippen molar-refractivity contribution in [2.75, 3.05) is 0 Å². The number of carbonyl (C=O) groups excluding carboxylic acids is 1. The second-order valence-corrected chi connectivity index (χ2v) is 6.88. The van der Waals surface area contributed by atoms with E-state index in [4.69, 9.17) is 11.6 Å². The van der Waals surface area contributed by atoms with Gasteiger partial charge >= 0.3 is 0 Å². The van der Waals surface area contributed by atoms with E-state index < -0.39 is 0 Å². The lowest BCUT2D eigenvalue weighted by Crippen LogP contribution is -2.14. The van der Waals surface area contributed by atoms with Crippen LogP contribution in [0.15, 0.2) is 5.38 Å². The molecule has 17 heavy (non-hydrogen) atoms. The van der Waals surface area contributed by atoms with Crippen LogP contribution in [0.25, 0.3) is 0 Å². The third kappa shape index (κ3) is 2.06. The highest BCUT2D eigenvalue weighted by Gasteiger charge is 2.40. The summed E-state index contributed by atoms with van der Waals surface area (Å²) < 4.78 is 0. The molecule has 2 aliphatic rings. The second kappa shape index (κ2) is 4.40. The predicted octanol–water partition coefficient (Wildman–Crippen LogP) is 4.72. The van der Waals surface area contributed by atoms with E-state index in [1.165, 1.54) is 37.0 Å². The summed E-state index contributed by atoms with van der Waals surface area (Å²) in [7, 11) is 0. The van der Waals surface area contributed by atoms with Crippen LogP contribution in [-0.4, -0.2) is 5.78 Å². The summed E-state index contributed by atoms with van der Waals surface area (Å²) in [6.07, 6.45) is 6.11. The van der Waals surface area contributed by atoms with Gasteiger partial charge in [-0.2, -0.15) is 0 Å². The Hall–Kier alpha value is -0.340. The zero-order valence-corrected chi connectivity index (χ0v) is 11.6. The predicted molar refractivity (Wildman–Crippen MR) is 72.0 cm³/mol. The van der Waals surface area contributed by atoms with Gasteiger partial charge in [0.25, 0.3) is 0 Å². The molecule has 3 rings (SSSR count). The highest BCUT2D eigenvalue weighted by Crippen LogP contribution is 2.50. The molecule has 92 valence electrons. The fraction of sp³-hybridized carbons (Fsp3) is 0.643. The van der Waals surface area contributed by atoms with Crippen molar-refractivity contribution in [3.8, 4) is 0 Å². The maximum Gasteiger partial charge on any atom is 0.174 e. The summed E-state index contributed by atoms with van der Waals surface area (Å²) in [4.78, 5) is 13.0. The number of fused-ring (bicyclic) bond motifs is 2. The molecule has 3 heteroatoms. The molecule has 2 fully saturated rings. The zero-order chi connectivity index (χ0) is 12.0. The van der Waals surface area contributed by atoms with Crippen molar-refractivity contribution in [1.29, 1.82) is 0 Å². The maximum atomic E-state index is 12.2. The van der Waals surface area contributed by atoms with Gasteiger partial charge in [-0.25, -0.2) is 0 Å². The number of hydrogen-bond acceptors (Lipinski definition) is 2. The number of Topliss-reactive ketones (excluding diaryl/α,β-unsaturated/α-hetero) is 1. The Labute approximate surface area is 111 Å².